The monoisotopic (exact) mass is 506 g/mol. The zero-order valence-corrected chi connectivity index (χ0v) is 21.4. The molecule has 2 aliphatic rings. The van der Waals surface area contributed by atoms with E-state index in [4.69, 9.17) is 15.2 Å². The van der Waals surface area contributed by atoms with E-state index < -0.39 is 28.7 Å². The van der Waals surface area contributed by atoms with Gasteiger partial charge in [-0.1, -0.05) is 56.0 Å². The Balaban J connectivity index is 1.61. The second-order valence-corrected chi connectivity index (χ2v) is 9.82. The molecule has 196 valence electrons. The highest BCUT2D eigenvalue weighted by Gasteiger charge is 2.85. The molecule has 0 radical (unpaired) electrons. The fourth-order valence-electron chi connectivity index (χ4n) is 5.09. The van der Waals surface area contributed by atoms with Crippen molar-refractivity contribution in [2.45, 2.75) is 70.0 Å². The number of aryl methyl sites for hydroxylation is 1. The van der Waals surface area contributed by atoms with Crippen molar-refractivity contribution in [1.82, 2.24) is 4.98 Å². The first-order valence-corrected chi connectivity index (χ1v) is 12.9. The van der Waals surface area contributed by atoms with Gasteiger partial charge in [-0.25, -0.2) is 9.78 Å². The normalized spacial score (nSPS) is 22.7. The van der Waals surface area contributed by atoms with Crippen LogP contribution in [0.3, 0.4) is 0 Å². The number of fused-ring (bicyclic) bond motifs is 2. The van der Waals surface area contributed by atoms with Crippen molar-refractivity contribution in [2.24, 2.45) is 0 Å². The highest BCUT2D eigenvalue weighted by atomic mass is 16.7. The van der Waals surface area contributed by atoms with Crippen LogP contribution in [-0.4, -0.2) is 52.0 Å². The summed E-state index contributed by atoms with van der Waals surface area (Å²) in [6.45, 7) is 3.77. The molecule has 4 rings (SSSR count). The van der Waals surface area contributed by atoms with E-state index in [0.717, 1.165) is 30.4 Å². The lowest BCUT2D eigenvalue weighted by atomic mass is 9.71. The summed E-state index contributed by atoms with van der Waals surface area (Å²) in [5, 5.41) is 10.2. The Kier molecular flexibility index (Phi) is 7.90. The third-order valence-electron chi connectivity index (χ3n) is 7.37. The Bertz CT molecular complexity index is 1240. The summed E-state index contributed by atoms with van der Waals surface area (Å²) in [6.07, 6.45) is 6.43. The molecule has 0 amide bonds. The van der Waals surface area contributed by atoms with Gasteiger partial charge in [0.25, 0.3) is 5.60 Å². The molecule has 8 nitrogen and oxygen atoms in total. The summed E-state index contributed by atoms with van der Waals surface area (Å²) in [4.78, 5) is 44.7. The van der Waals surface area contributed by atoms with Crippen LogP contribution in [0.1, 0.15) is 78.7 Å². The van der Waals surface area contributed by atoms with Crippen LogP contribution in [-0.2, 0) is 20.7 Å². The lowest BCUT2D eigenvalue weighted by Crippen LogP contribution is -2.51. The van der Waals surface area contributed by atoms with Gasteiger partial charge in [-0.2, -0.15) is 0 Å². The molecule has 1 aliphatic carbocycles. The number of carbonyl (C=O) groups excluding carboxylic acids is 3. The predicted octanol–water partition coefficient (Wildman–Crippen LogP) is 4.01. The van der Waals surface area contributed by atoms with Crippen molar-refractivity contribution in [3.8, 4) is 0 Å². The van der Waals surface area contributed by atoms with E-state index >= 15 is 0 Å². The van der Waals surface area contributed by atoms with E-state index in [9.17, 15) is 19.5 Å². The molecule has 1 saturated heterocycles. The van der Waals surface area contributed by atoms with Crippen molar-refractivity contribution in [3.05, 3.63) is 70.4 Å². The zero-order chi connectivity index (χ0) is 26.6. The van der Waals surface area contributed by atoms with E-state index in [2.05, 4.69) is 11.9 Å². The lowest BCUT2D eigenvalue weighted by Gasteiger charge is -2.25. The molecule has 2 heterocycles. The molecule has 1 fully saturated rings. The number of ketones is 2. The van der Waals surface area contributed by atoms with E-state index in [-0.39, 0.29) is 30.8 Å². The van der Waals surface area contributed by atoms with Gasteiger partial charge in [0, 0.05) is 23.7 Å². The van der Waals surface area contributed by atoms with Crippen LogP contribution in [0, 0.1) is 0 Å². The Morgan fingerprint density at radius 2 is 1.84 bits per heavy atom. The average molecular weight is 507 g/mol. The molecule has 0 saturated carbocycles. The standard InChI is InChI=1S/C29H34N2O6/c1-3-4-5-8-15-36-27(35)29-26(34)23-10-7-6-9-22(23)25(33)28(29,37-29)17-21(18-32)19(2)11-12-20-13-14-31-24(30)16-20/h6-7,9-10,13-14,16,32H,3-5,8,11-12,15,17-18H2,1-2H3,(H2,30,31)/b21-19-/t28-,29-/m0/s1. The highest BCUT2D eigenvalue weighted by molar-refractivity contribution is 6.32. The number of esters is 1. The molecule has 37 heavy (non-hydrogen) atoms. The van der Waals surface area contributed by atoms with Gasteiger partial charge in [0.1, 0.15) is 5.82 Å². The van der Waals surface area contributed by atoms with E-state index in [0.29, 0.717) is 30.7 Å². The summed E-state index contributed by atoms with van der Waals surface area (Å²) in [7, 11) is 0. The molecule has 0 spiro atoms. The van der Waals surface area contributed by atoms with Crippen LogP contribution in [0.5, 0.6) is 0 Å². The average Bonchev–Trinajstić information content (AvgIpc) is 3.60. The van der Waals surface area contributed by atoms with E-state index in [1.807, 2.05) is 13.0 Å². The maximum absolute atomic E-state index is 13.7. The number of nitrogens with two attached hydrogens (primary N) is 1. The molecule has 2 atom stereocenters. The molecule has 1 aliphatic heterocycles. The minimum absolute atomic E-state index is 0.0718. The van der Waals surface area contributed by atoms with Crippen molar-refractivity contribution < 1.29 is 29.0 Å². The van der Waals surface area contributed by atoms with Crippen LogP contribution in [0.15, 0.2) is 53.7 Å². The van der Waals surface area contributed by atoms with Gasteiger partial charge < -0.3 is 20.3 Å². The van der Waals surface area contributed by atoms with Gasteiger partial charge in [0.05, 0.1) is 13.2 Å². The van der Waals surface area contributed by atoms with Gasteiger partial charge in [0.2, 0.25) is 5.78 Å². The SMILES string of the molecule is CCCCCCOC(=O)[C@]12O[C@@]1(C/C(CO)=C(\C)CCc1ccnc(N)c1)C(=O)c1ccccc1C2=O. The second kappa shape index (κ2) is 10.9. The smallest absolute Gasteiger partial charge is 0.350 e. The topological polar surface area (TPSA) is 132 Å². The molecule has 2 aromatic rings. The number of carbonyl (C=O) groups is 3. The number of aliphatic hydroxyl groups is 1. The quantitative estimate of drug-likeness (QED) is 0.145. The second-order valence-electron chi connectivity index (χ2n) is 9.82. The predicted molar refractivity (Wildman–Crippen MR) is 138 cm³/mol. The summed E-state index contributed by atoms with van der Waals surface area (Å²) < 4.78 is 11.4. The number of benzene rings is 1. The van der Waals surface area contributed by atoms with E-state index in [1.54, 1.807) is 30.5 Å². The summed E-state index contributed by atoms with van der Waals surface area (Å²) in [6, 6.07) is 10.1. The third-order valence-corrected chi connectivity index (χ3v) is 7.37. The highest BCUT2D eigenvalue weighted by Crippen LogP contribution is 2.59. The minimum Gasteiger partial charge on any atom is -0.463 e. The summed E-state index contributed by atoms with van der Waals surface area (Å²) >= 11 is 0. The van der Waals surface area contributed by atoms with Gasteiger partial charge in [-0.3, -0.25) is 9.59 Å². The molecule has 1 aromatic carbocycles. The van der Waals surface area contributed by atoms with Crippen LogP contribution in [0.4, 0.5) is 5.82 Å². The molecular weight excluding hydrogens is 472 g/mol. The number of aromatic nitrogens is 1. The number of nitrogen functional groups attached to an aromatic ring is 1. The number of anilines is 1. The molecule has 8 heteroatoms. The molecular formula is C29H34N2O6. The maximum Gasteiger partial charge on any atom is 0.350 e. The number of aliphatic hydroxyl groups excluding tert-OH is 1. The number of Topliss-reactive ketones (excluding diaryl/α,β-unsaturated/α-hetero) is 2. The molecule has 0 unspecified atom stereocenters. The number of pyridine rings is 1. The zero-order valence-electron chi connectivity index (χ0n) is 21.4. The fraction of sp³-hybridized carbons (Fsp3) is 0.448. The Morgan fingerprint density at radius 1 is 1.11 bits per heavy atom. The Hall–Kier alpha value is -3.36. The maximum atomic E-state index is 13.7. The van der Waals surface area contributed by atoms with Crippen LogP contribution in [0.2, 0.25) is 0 Å². The number of unbranched alkanes of at least 4 members (excludes halogenated alkanes) is 3. The van der Waals surface area contributed by atoms with Gasteiger partial charge >= 0.3 is 5.97 Å². The first-order chi connectivity index (χ1) is 17.8. The molecule has 1 aromatic heterocycles. The number of rotatable bonds is 12. The Labute approximate surface area is 216 Å². The minimum atomic E-state index is -2.02. The van der Waals surface area contributed by atoms with Crippen molar-refractivity contribution in [2.75, 3.05) is 18.9 Å². The first kappa shape index (κ1) is 26.7. The number of allylic oxidation sites excluding steroid dienone is 1. The van der Waals surface area contributed by atoms with Crippen LogP contribution < -0.4 is 5.73 Å². The number of nitrogens with zero attached hydrogens (tertiary/aromatic N) is 1. The number of epoxide rings is 1. The van der Waals surface area contributed by atoms with Crippen LogP contribution >= 0.6 is 0 Å². The number of ether oxygens (including phenoxy) is 2. The summed E-state index contributed by atoms with van der Waals surface area (Å²) in [5.41, 5.74) is 4.80. The van der Waals surface area contributed by atoms with Crippen LogP contribution in [0.25, 0.3) is 0 Å². The third kappa shape index (κ3) is 4.83. The van der Waals surface area contributed by atoms with Crippen molar-refractivity contribution in [3.63, 3.8) is 0 Å². The summed E-state index contributed by atoms with van der Waals surface area (Å²) in [5.74, 6) is -1.41. The fourth-order valence-corrected chi connectivity index (χ4v) is 5.09. The number of hydrogen-bond donors (Lipinski definition) is 2. The van der Waals surface area contributed by atoms with Gasteiger partial charge in [-0.05, 0) is 49.5 Å². The van der Waals surface area contributed by atoms with Gasteiger partial charge in [0.15, 0.2) is 11.4 Å². The largest absolute Gasteiger partial charge is 0.463 e. The molecule has 0 bridgehead atoms. The number of hydrogen-bond acceptors (Lipinski definition) is 8. The molecule has 3 N–H and O–H groups in total. The first-order valence-electron chi connectivity index (χ1n) is 12.9. The van der Waals surface area contributed by atoms with Crippen molar-refractivity contribution >= 4 is 23.4 Å². The Morgan fingerprint density at radius 3 is 2.51 bits per heavy atom. The van der Waals surface area contributed by atoms with Crippen molar-refractivity contribution in [1.29, 1.82) is 0 Å². The van der Waals surface area contributed by atoms with Gasteiger partial charge in [-0.15, -0.1) is 0 Å². The lowest BCUT2D eigenvalue weighted by molar-refractivity contribution is -0.148. The van der Waals surface area contributed by atoms with E-state index in [1.165, 1.54) is 6.07 Å².